The topological polar surface area (TPSA) is 21.2 Å². The van der Waals surface area contributed by atoms with Crippen molar-refractivity contribution in [3.05, 3.63) is 114 Å². The molecule has 0 amide bonds. The molecule has 0 unspecified atom stereocenters. The summed E-state index contributed by atoms with van der Waals surface area (Å²) in [5.41, 5.74) is 14.8. The molecular weight excluding hydrogens is 510 g/mol. The van der Waals surface area contributed by atoms with Crippen LogP contribution in [-0.2, 0) is 7.05 Å². The van der Waals surface area contributed by atoms with Gasteiger partial charge in [-0.15, -0.1) is 0 Å². The molecule has 0 aliphatic heterocycles. The fourth-order valence-electron chi connectivity index (χ4n) is 7.72. The summed E-state index contributed by atoms with van der Waals surface area (Å²) in [6.07, 6.45) is 6.48. The smallest absolute Gasteiger partial charge is 0.247 e. The third kappa shape index (κ3) is 3.73. The zero-order chi connectivity index (χ0) is 28.4. The van der Waals surface area contributed by atoms with Crippen molar-refractivity contribution in [2.24, 2.45) is 7.05 Å². The van der Waals surface area contributed by atoms with E-state index in [0.717, 1.165) is 11.2 Å². The number of rotatable bonds is 3. The molecule has 7 aromatic rings. The van der Waals surface area contributed by atoms with Crippen LogP contribution >= 0.6 is 0 Å². The van der Waals surface area contributed by atoms with Gasteiger partial charge in [0.15, 0.2) is 11.0 Å². The lowest BCUT2D eigenvalue weighted by atomic mass is 9.82. The lowest BCUT2D eigenvalue weighted by molar-refractivity contribution is -0.617. The van der Waals surface area contributed by atoms with Gasteiger partial charge in [0.1, 0.15) is 5.52 Å². The monoisotopic (exact) mass is 546 g/mol. The summed E-state index contributed by atoms with van der Waals surface area (Å²) < 4.78 is 4.86. The molecule has 0 bridgehead atoms. The minimum Gasteiger partial charge on any atom is -0.247 e. The van der Waals surface area contributed by atoms with Crippen LogP contribution in [0.25, 0.3) is 60.9 Å². The predicted octanol–water partition coefficient (Wildman–Crippen LogP) is 9.62. The Balaban J connectivity index is 1.55. The standard InChI is InChI=1S/C39H36N3/c1-25-14-12-19-29(27-15-6-4-7-16-27)35(25)31-24-26(2)36-38(40-31)37-30(28-17-8-5-9-18-28)20-13-23-34(37)42-33-22-11-10-21-32(33)41(3)39(36)42/h4,6-7,10-16,19-24,28H,5,8-9,17-18H2,1-3H3/q+1. The molecule has 1 aliphatic rings. The van der Waals surface area contributed by atoms with Gasteiger partial charge in [-0.25, -0.2) is 9.55 Å². The molecule has 3 nitrogen and oxygen atoms in total. The summed E-state index contributed by atoms with van der Waals surface area (Å²) in [4.78, 5) is 5.67. The number of aryl methyl sites for hydroxylation is 3. The maximum Gasteiger partial charge on any atom is 0.297 e. The van der Waals surface area contributed by atoms with E-state index in [1.54, 1.807) is 0 Å². The molecule has 0 spiro atoms. The first-order valence-electron chi connectivity index (χ1n) is 15.4. The molecule has 8 rings (SSSR count). The summed E-state index contributed by atoms with van der Waals surface area (Å²) in [6, 6.07) is 35.5. The summed E-state index contributed by atoms with van der Waals surface area (Å²) in [5, 5.41) is 2.58. The first-order valence-corrected chi connectivity index (χ1v) is 15.4. The second kappa shape index (κ2) is 9.80. The third-order valence-electron chi connectivity index (χ3n) is 9.66. The third-order valence-corrected chi connectivity index (χ3v) is 9.66. The van der Waals surface area contributed by atoms with Gasteiger partial charge in [-0.1, -0.05) is 92.1 Å². The first kappa shape index (κ1) is 25.2. The number of nitrogens with zero attached hydrogens (tertiary/aromatic N) is 3. The SMILES string of the molecule is Cc1cccc(-c2ccccc2)c1-c1cc(C)c2c(n1)c1c(C3CCCCC3)cccc1n1c3ccccc3[n+](C)c21. The van der Waals surface area contributed by atoms with Gasteiger partial charge in [-0.05, 0) is 84.7 Å². The molecule has 1 fully saturated rings. The number of benzene rings is 4. The second-order valence-corrected chi connectivity index (χ2v) is 12.2. The van der Waals surface area contributed by atoms with Crippen LogP contribution in [-0.4, -0.2) is 9.38 Å². The molecule has 0 radical (unpaired) electrons. The quantitative estimate of drug-likeness (QED) is 0.160. The number of aromatic nitrogens is 3. The Bertz CT molecular complexity index is 2150. The van der Waals surface area contributed by atoms with Crippen molar-refractivity contribution >= 4 is 38.5 Å². The van der Waals surface area contributed by atoms with Crippen LogP contribution < -0.4 is 4.57 Å². The highest BCUT2D eigenvalue weighted by Gasteiger charge is 2.29. The Morgan fingerprint density at radius 3 is 2.29 bits per heavy atom. The number of pyridine rings is 2. The van der Waals surface area contributed by atoms with E-state index in [1.165, 1.54) is 98.5 Å². The van der Waals surface area contributed by atoms with Crippen molar-refractivity contribution < 1.29 is 4.57 Å². The second-order valence-electron chi connectivity index (χ2n) is 12.2. The van der Waals surface area contributed by atoms with Crippen molar-refractivity contribution in [3.8, 4) is 22.4 Å². The van der Waals surface area contributed by atoms with Gasteiger partial charge in [0, 0.05) is 5.56 Å². The molecule has 206 valence electrons. The minimum atomic E-state index is 0.572. The Kier molecular flexibility index (Phi) is 5.89. The van der Waals surface area contributed by atoms with E-state index in [4.69, 9.17) is 4.98 Å². The molecule has 3 heteroatoms. The van der Waals surface area contributed by atoms with E-state index in [0.29, 0.717) is 5.92 Å². The van der Waals surface area contributed by atoms with Crippen molar-refractivity contribution in [1.82, 2.24) is 9.38 Å². The molecule has 1 saturated carbocycles. The lowest BCUT2D eigenvalue weighted by Gasteiger charge is -2.24. The Labute approximate surface area is 247 Å². The van der Waals surface area contributed by atoms with Crippen LogP contribution in [0.2, 0.25) is 0 Å². The van der Waals surface area contributed by atoms with Crippen LogP contribution in [0.5, 0.6) is 0 Å². The van der Waals surface area contributed by atoms with Gasteiger partial charge < -0.3 is 0 Å². The zero-order valence-electron chi connectivity index (χ0n) is 24.7. The predicted molar refractivity (Wildman–Crippen MR) is 175 cm³/mol. The van der Waals surface area contributed by atoms with E-state index >= 15 is 0 Å². The van der Waals surface area contributed by atoms with E-state index < -0.39 is 0 Å². The van der Waals surface area contributed by atoms with Gasteiger partial charge in [-0.3, -0.25) is 0 Å². The average molecular weight is 547 g/mol. The van der Waals surface area contributed by atoms with Gasteiger partial charge >= 0.3 is 0 Å². The van der Waals surface area contributed by atoms with Crippen molar-refractivity contribution in [3.63, 3.8) is 0 Å². The Hall–Kier alpha value is -4.50. The van der Waals surface area contributed by atoms with E-state index in [-0.39, 0.29) is 0 Å². The number of imidazole rings is 1. The molecule has 1 aliphatic carbocycles. The zero-order valence-corrected chi connectivity index (χ0v) is 24.7. The van der Waals surface area contributed by atoms with Crippen LogP contribution in [0.15, 0.2) is 97.1 Å². The Morgan fingerprint density at radius 2 is 1.45 bits per heavy atom. The highest BCUT2D eigenvalue weighted by molar-refractivity contribution is 6.14. The molecule has 42 heavy (non-hydrogen) atoms. The van der Waals surface area contributed by atoms with Gasteiger partial charge in [0.25, 0.3) is 5.65 Å². The van der Waals surface area contributed by atoms with Crippen LogP contribution in [0.3, 0.4) is 0 Å². The van der Waals surface area contributed by atoms with E-state index in [1.807, 2.05) is 0 Å². The fraction of sp³-hybridized carbons (Fsp3) is 0.231. The normalized spacial score (nSPS) is 14.5. The molecule has 3 aromatic heterocycles. The maximum absolute atomic E-state index is 5.67. The van der Waals surface area contributed by atoms with Crippen LogP contribution in [0.1, 0.15) is 54.7 Å². The van der Waals surface area contributed by atoms with E-state index in [9.17, 15) is 0 Å². The van der Waals surface area contributed by atoms with Crippen LogP contribution in [0, 0.1) is 13.8 Å². The molecular formula is C39H36N3+. The molecule has 0 N–H and O–H groups in total. The van der Waals surface area contributed by atoms with E-state index in [2.05, 4.69) is 127 Å². The fourth-order valence-corrected chi connectivity index (χ4v) is 7.72. The largest absolute Gasteiger partial charge is 0.297 e. The number of hydrogen-bond donors (Lipinski definition) is 0. The summed E-state index contributed by atoms with van der Waals surface area (Å²) >= 11 is 0. The maximum atomic E-state index is 5.67. The number of para-hydroxylation sites is 2. The highest BCUT2D eigenvalue weighted by atomic mass is 15.1. The lowest BCUT2D eigenvalue weighted by Crippen LogP contribution is -2.27. The van der Waals surface area contributed by atoms with Crippen molar-refractivity contribution in [1.29, 1.82) is 0 Å². The molecule has 0 saturated heterocycles. The van der Waals surface area contributed by atoms with Crippen molar-refractivity contribution in [2.75, 3.05) is 0 Å². The van der Waals surface area contributed by atoms with Crippen LogP contribution in [0.4, 0.5) is 0 Å². The Morgan fingerprint density at radius 1 is 0.714 bits per heavy atom. The van der Waals surface area contributed by atoms with Gasteiger partial charge in [0.05, 0.1) is 29.0 Å². The van der Waals surface area contributed by atoms with Gasteiger partial charge in [0.2, 0.25) is 0 Å². The summed E-state index contributed by atoms with van der Waals surface area (Å²) in [7, 11) is 2.20. The van der Waals surface area contributed by atoms with Gasteiger partial charge in [-0.2, -0.15) is 4.40 Å². The summed E-state index contributed by atoms with van der Waals surface area (Å²) in [5.74, 6) is 0.572. The minimum absolute atomic E-state index is 0.572. The first-order chi connectivity index (χ1) is 20.6. The number of fused-ring (bicyclic) bond motifs is 8. The summed E-state index contributed by atoms with van der Waals surface area (Å²) in [6.45, 7) is 4.50. The average Bonchev–Trinajstić information content (AvgIpc) is 3.33. The molecule has 3 heterocycles. The number of hydrogen-bond acceptors (Lipinski definition) is 1. The highest BCUT2D eigenvalue weighted by Crippen LogP contribution is 2.42. The van der Waals surface area contributed by atoms with Crippen molar-refractivity contribution in [2.45, 2.75) is 51.9 Å². The molecule has 0 atom stereocenters. The molecule has 4 aromatic carbocycles.